The van der Waals surface area contributed by atoms with Crippen molar-refractivity contribution in [2.24, 2.45) is 4.99 Å². The third-order valence-electron chi connectivity index (χ3n) is 5.84. The predicted octanol–water partition coefficient (Wildman–Crippen LogP) is 2.82. The molecule has 0 N–H and O–H groups in total. The molecule has 0 aliphatic carbocycles. The second-order valence-corrected chi connectivity index (χ2v) is 9.18. The van der Waals surface area contributed by atoms with Gasteiger partial charge in [0, 0.05) is 28.9 Å². The zero-order chi connectivity index (χ0) is 22.7. The van der Waals surface area contributed by atoms with E-state index in [1.54, 1.807) is 43.1 Å². The van der Waals surface area contributed by atoms with Crippen molar-refractivity contribution in [2.45, 2.75) is 19.9 Å². The molecular weight excluding hydrogens is 446 g/mol. The highest BCUT2D eigenvalue weighted by Gasteiger charge is 2.34. The number of aromatic nitrogens is 1. The Kier molecular flexibility index (Phi) is 4.76. The van der Waals surface area contributed by atoms with E-state index in [1.165, 1.54) is 22.8 Å². The van der Waals surface area contributed by atoms with E-state index in [2.05, 4.69) is 4.99 Å². The monoisotopic (exact) mass is 463 g/mol. The van der Waals surface area contributed by atoms with Crippen LogP contribution in [0.15, 0.2) is 69.6 Å². The van der Waals surface area contributed by atoms with Gasteiger partial charge in [-0.3, -0.25) is 19.0 Å². The summed E-state index contributed by atoms with van der Waals surface area (Å²) in [6, 6.07) is 13.8. The molecule has 32 heavy (non-hydrogen) atoms. The minimum absolute atomic E-state index is 0.161. The first-order chi connectivity index (χ1) is 15.3. The minimum atomic E-state index is -0.639. The third kappa shape index (κ3) is 2.92. The Hall–Kier alpha value is -3.29. The summed E-state index contributed by atoms with van der Waals surface area (Å²) < 4.78 is 1.84. The Morgan fingerprint density at radius 1 is 1.09 bits per heavy atom. The highest BCUT2D eigenvalue weighted by Crippen LogP contribution is 2.34. The number of para-hydroxylation sites is 1. The van der Waals surface area contributed by atoms with Gasteiger partial charge in [-0.25, -0.2) is 4.99 Å². The predicted molar refractivity (Wildman–Crippen MR) is 125 cm³/mol. The number of benzene rings is 2. The lowest BCUT2D eigenvalue weighted by molar-refractivity contribution is -0.114. The van der Waals surface area contributed by atoms with Gasteiger partial charge < -0.3 is 4.90 Å². The number of carbonyl (C=O) groups is 2. The quantitative estimate of drug-likeness (QED) is 0.586. The minimum Gasteiger partial charge on any atom is -0.311 e. The van der Waals surface area contributed by atoms with Gasteiger partial charge in [0.2, 0.25) is 0 Å². The average molecular weight is 464 g/mol. The molecule has 0 radical (unpaired) electrons. The summed E-state index contributed by atoms with van der Waals surface area (Å²) in [6.45, 7) is 3.24. The highest BCUT2D eigenvalue weighted by atomic mass is 35.5. The number of anilines is 1. The van der Waals surface area contributed by atoms with E-state index in [4.69, 9.17) is 11.6 Å². The number of nitrogens with zero attached hydrogens (tertiary/aromatic N) is 3. The number of fused-ring (bicyclic) bond motifs is 2. The number of ketones is 1. The first kappa shape index (κ1) is 20.6. The van der Waals surface area contributed by atoms with E-state index >= 15 is 0 Å². The van der Waals surface area contributed by atoms with Crippen molar-refractivity contribution in [2.75, 3.05) is 11.9 Å². The number of likely N-dealkylation sites (N-methyl/N-ethyl adjacent to an activating group) is 1. The fourth-order valence-corrected chi connectivity index (χ4v) is 5.63. The maximum atomic E-state index is 13.7. The van der Waals surface area contributed by atoms with Crippen molar-refractivity contribution >= 4 is 45.9 Å². The second kappa shape index (κ2) is 7.39. The number of carbonyl (C=O) groups excluding carboxylic acids is 2. The summed E-state index contributed by atoms with van der Waals surface area (Å²) in [4.78, 5) is 46.0. The van der Waals surface area contributed by atoms with Crippen LogP contribution in [0.4, 0.5) is 5.69 Å². The molecule has 8 heteroatoms. The Morgan fingerprint density at radius 3 is 2.47 bits per heavy atom. The fraction of sp³-hybridized carbons (Fsp3) is 0.167. The van der Waals surface area contributed by atoms with Gasteiger partial charge in [-0.2, -0.15) is 0 Å². The maximum absolute atomic E-state index is 13.7. The van der Waals surface area contributed by atoms with Gasteiger partial charge in [0.1, 0.15) is 4.53 Å². The molecule has 0 saturated carbocycles. The van der Waals surface area contributed by atoms with E-state index in [9.17, 15) is 14.4 Å². The zero-order valence-electron chi connectivity index (χ0n) is 17.5. The summed E-state index contributed by atoms with van der Waals surface area (Å²) in [6.07, 6.45) is 0. The van der Waals surface area contributed by atoms with Crippen molar-refractivity contribution in [1.29, 1.82) is 0 Å². The van der Waals surface area contributed by atoms with Crippen LogP contribution in [0.2, 0.25) is 5.02 Å². The van der Waals surface area contributed by atoms with Crippen LogP contribution in [-0.4, -0.2) is 23.3 Å². The number of thiazole rings is 1. The average Bonchev–Trinajstić information content (AvgIpc) is 3.21. The molecule has 6 nitrogen and oxygen atoms in total. The van der Waals surface area contributed by atoms with E-state index in [0.717, 1.165) is 16.8 Å². The molecular formula is C24H18ClN3O3S. The van der Waals surface area contributed by atoms with Gasteiger partial charge in [-0.05, 0) is 37.6 Å². The summed E-state index contributed by atoms with van der Waals surface area (Å²) in [7, 11) is 1.69. The number of halogens is 1. The van der Waals surface area contributed by atoms with Crippen LogP contribution in [0, 0.1) is 0 Å². The van der Waals surface area contributed by atoms with Crippen molar-refractivity contribution in [3.8, 4) is 0 Å². The molecule has 1 atom stereocenters. The fourth-order valence-electron chi connectivity index (χ4n) is 4.37. The van der Waals surface area contributed by atoms with Gasteiger partial charge in [0.15, 0.2) is 10.6 Å². The number of amides is 1. The van der Waals surface area contributed by atoms with Crippen LogP contribution < -0.4 is 19.8 Å². The number of rotatable bonds is 2. The standard InChI is InChI=1S/C24H18ClN3O3S/c1-12-18(13(2)29)20(14-8-10-15(25)11-9-14)28-23(31)21(32-24(28)26-12)19-16-6-4-5-7-17(16)27(3)22(19)30/h4-11,20H,1-3H3. The first-order valence-corrected chi connectivity index (χ1v) is 11.2. The van der Waals surface area contributed by atoms with E-state index in [0.29, 0.717) is 31.2 Å². The normalized spacial score (nSPS) is 19.1. The van der Waals surface area contributed by atoms with E-state index < -0.39 is 6.04 Å². The lowest BCUT2D eigenvalue weighted by Gasteiger charge is -2.24. The molecule has 0 bridgehead atoms. The molecule has 2 aliphatic rings. The van der Waals surface area contributed by atoms with Crippen molar-refractivity contribution in [3.63, 3.8) is 0 Å². The van der Waals surface area contributed by atoms with Crippen molar-refractivity contribution in [3.05, 3.63) is 95.6 Å². The smallest absolute Gasteiger partial charge is 0.271 e. The Balaban J connectivity index is 1.86. The van der Waals surface area contributed by atoms with Gasteiger partial charge in [0.05, 0.1) is 17.3 Å². The zero-order valence-corrected chi connectivity index (χ0v) is 19.1. The van der Waals surface area contributed by atoms with Crippen LogP contribution in [0.1, 0.15) is 31.0 Å². The summed E-state index contributed by atoms with van der Waals surface area (Å²) in [5, 5.41) is 0.560. The lowest BCUT2D eigenvalue weighted by atomic mass is 9.93. The van der Waals surface area contributed by atoms with Crippen LogP contribution in [0.3, 0.4) is 0 Å². The van der Waals surface area contributed by atoms with Gasteiger partial charge >= 0.3 is 0 Å². The lowest BCUT2D eigenvalue weighted by Crippen LogP contribution is -2.40. The van der Waals surface area contributed by atoms with Gasteiger partial charge in [-0.1, -0.05) is 53.3 Å². The molecule has 1 aromatic heterocycles. The van der Waals surface area contributed by atoms with Crippen LogP contribution in [0.5, 0.6) is 0 Å². The molecule has 2 aromatic carbocycles. The van der Waals surface area contributed by atoms with Crippen molar-refractivity contribution in [1.82, 2.24) is 4.57 Å². The molecule has 0 spiro atoms. The van der Waals surface area contributed by atoms with Gasteiger partial charge in [0.25, 0.3) is 11.5 Å². The molecule has 0 saturated heterocycles. The molecule has 3 heterocycles. The molecule has 0 fully saturated rings. The van der Waals surface area contributed by atoms with Crippen LogP contribution >= 0.6 is 22.9 Å². The molecule has 3 aromatic rings. The first-order valence-electron chi connectivity index (χ1n) is 9.98. The maximum Gasteiger partial charge on any atom is 0.271 e. The summed E-state index contributed by atoms with van der Waals surface area (Å²) >= 11 is 7.24. The molecule has 1 amide bonds. The topological polar surface area (TPSA) is 71.7 Å². The van der Waals surface area contributed by atoms with E-state index in [-0.39, 0.29) is 17.2 Å². The largest absolute Gasteiger partial charge is 0.311 e. The Bertz CT molecular complexity index is 1530. The van der Waals surface area contributed by atoms with E-state index in [1.807, 2.05) is 24.3 Å². The highest BCUT2D eigenvalue weighted by molar-refractivity contribution is 7.07. The molecule has 160 valence electrons. The number of hydrogen-bond donors (Lipinski definition) is 0. The number of hydrogen-bond acceptors (Lipinski definition) is 5. The van der Waals surface area contributed by atoms with Crippen molar-refractivity contribution < 1.29 is 9.59 Å². The van der Waals surface area contributed by atoms with Crippen LogP contribution in [0.25, 0.3) is 5.57 Å². The molecule has 5 rings (SSSR count). The van der Waals surface area contributed by atoms with Crippen LogP contribution in [-0.2, 0) is 9.59 Å². The summed E-state index contributed by atoms with van der Waals surface area (Å²) in [5.74, 6) is -0.395. The summed E-state index contributed by atoms with van der Waals surface area (Å²) in [5.41, 5.74) is 3.27. The number of Topliss-reactive ketones (excluding diaryl/α,β-unsaturated/α-hetero) is 1. The Morgan fingerprint density at radius 2 is 1.78 bits per heavy atom. The molecule has 2 aliphatic heterocycles. The second-order valence-electron chi connectivity index (χ2n) is 7.77. The third-order valence-corrected chi connectivity index (χ3v) is 7.15. The molecule has 1 unspecified atom stereocenters. The Labute approximate surface area is 192 Å². The number of allylic oxidation sites excluding steroid dienone is 2. The van der Waals surface area contributed by atoms with Gasteiger partial charge in [-0.15, -0.1) is 0 Å². The SMILES string of the molecule is CC(=O)C1=C(C)N=c2sc(=C3C(=O)N(C)c4ccccc43)c(=O)n2C1c1ccc(Cl)cc1.